The van der Waals surface area contributed by atoms with Crippen molar-refractivity contribution in [1.82, 2.24) is 4.90 Å². The van der Waals surface area contributed by atoms with E-state index in [4.69, 9.17) is 0 Å². The number of benzene rings is 2. The molecule has 0 amide bonds. The highest BCUT2D eigenvalue weighted by Crippen LogP contribution is 2.25. The Bertz CT molecular complexity index is 766. The molecule has 1 N–H and O–H groups in total. The van der Waals surface area contributed by atoms with Crippen molar-refractivity contribution in [2.24, 2.45) is 0 Å². The molecule has 0 unspecified atom stereocenters. The number of aromatic hydroxyl groups is 1. The second-order valence-corrected chi connectivity index (χ2v) is 6.60. The fourth-order valence-electron chi connectivity index (χ4n) is 3.18. The number of aryl methyl sites for hydroxylation is 2. The van der Waals surface area contributed by atoms with Crippen LogP contribution in [-0.2, 0) is 6.54 Å². The summed E-state index contributed by atoms with van der Waals surface area (Å²) >= 11 is 0. The summed E-state index contributed by atoms with van der Waals surface area (Å²) in [6.07, 6.45) is 0. The van der Waals surface area contributed by atoms with Crippen molar-refractivity contribution in [1.29, 1.82) is 0 Å². The van der Waals surface area contributed by atoms with Crippen LogP contribution in [0.25, 0.3) is 0 Å². The van der Waals surface area contributed by atoms with Gasteiger partial charge in [-0.1, -0.05) is 6.07 Å². The van der Waals surface area contributed by atoms with Crippen molar-refractivity contribution in [2.45, 2.75) is 20.4 Å². The first-order valence-electron chi connectivity index (χ1n) is 8.45. The molecule has 6 nitrogen and oxygen atoms in total. The number of nitro benzene ring substituents is 1. The quantitative estimate of drug-likeness (QED) is 0.683. The zero-order valence-corrected chi connectivity index (χ0v) is 14.6. The molecule has 3 rings (SSSR count). The second kappa shape index (κ2) is 7.11. The average molecular weight is 341 g/mol. The van der Waals surface area contributed by atoms with Crippen LogP contribution in [0.4, 0.5) is 11.4 Å². The molecule has 0 aromatic heterocycles. The number of hydrogen-bond donors (Lipinski definition) is 1. The van der Waals surface area contributed by atoms with Crippen molar-refractivity contribution in [3.63, 3.8) is 0 Å². The summed E-state index contributed by atoms with van der Waals surface area (Å²) in [6.45, 7) is 8.31. The fraction of sp³-hybridized carbons (Fsp3) is 0.368. The first-order chi connectivity index (χ1) is 11.9. The van der Waals surface area contributed by atoms with Gasteiger partial charge in [-0.2, -0.15) is 0 Å². The summed E-state index contributed by atoms with van der Waals surface area (Å²) in [6, 6.07) is 10.6. The van der Waals surface area contributed by atoms with E-state index in [-0.39, 0.29) is 10.6 Å². The number of non-ortho nitro benzene ring substituents is 1. The molecule has 1 aliphatic rings. The third-order valence-corrected chi connectivity index (χ3v) is 4.89. The number of phenols is 1. The molecule has 0 radical (unpaired) electrons. The molecule has 0 aliphatic carbocycles. The van der Waals surface area contributed by atoms with Crippen molar-refractivity contribution in [2.75, 3.05) is 31.1 Å². The number of rotatable bonds is 4. The number of phenolic OH excluding ortho intramolecular Hbond substituents is 1. The molecule has 0 spiro atoms. The average Bonchev–Trinajstić information content (AvgIpc) is 2.60. The van der Waals surface area contributed by atoms with E-state index in [1.54, 1.807) is 12.1 Å². The first kappa shape index (κ1) is 17.2. The lowest BCUT2D eigenvalue weighted by Gasteiger charge is -2.36. The van der Waals surface area contributed by atoms with Crippen LogP contribution >= 0.6 is 0 Å². The standard InChI is InChI=1S/C19H23N3O3/c1-14-11-16(19(23)12-15(14)2)13-20-7-9-21(10-8-20)17-3-5-18(6-4-17)22(24)25/h3-6,11-12,23H,7-10,13H2,1-2H3. The summed E-state index contributed by atoms with van der Waals surface area (Å²) in [5.74, 6) is 0.362. The van der Waals surface area contributed by atoms with Crippen LogP contribution in [0.15, 0.2) is 36.4 Å². The third kappa shape index (κ3) is 3.91. The lowest BCUT2D eigenvalue weighted by atomic mass is 10.0. The van der Waals surface area contributed by atoms with Gasteiger partial charge in [-0.25, -0.2) is 0 Å². The maximum Gasteiger partial charge on any atom is 0.269 e. The van der Waals surface area contributed by atoms with Gasteiger partial charge in [0, 0.05) is 56.1 Å². The summed E-state index contributed by atoms with van der Waals surface area (Å²) in [4.78, 5) is 14.9. The van der Waals surface area contributed by atoms with Crippen LogP contribution < -0.4 is 4.90 Å². The third-order valence-electron chi connectivity index (χ3n) is 4.89. The van der Waals surface area contributed by atoms with E-state index in [0.717, 1.165) is 49.5 Å². The monoisotopic (exact) mass is 341 g/mol. The minimum absolute atomic E-state index is 0.118. The molecule has 1 fully saturated rings. The van der Waals surface area contributed by atoms with Gasteiger partial charge in [0.1, 0.15) is 5.75 Å². The topological polar surface area (TPSA) is 69.8 Å². The molecule has 2 aromatic carbocycles. The number of nitro groups is 1. The highest BCUT2D eigenvalue weighted by atomic mass is 16.6. The van der Waals surface area contributed by atoms with Crippen LogP contribution in [0.3, 0.4) is 0 Å². The van der Waals surface area contributed by atoms with Crippen molar-refractivity contribution in [3.8, 4) is 5.75 Å². The molecule has 2 aromatic rings. The van der Waals surface area contributed by atoms with E-state index in [1.807, 2.05) is 25.1 Å². The lowest BCUT2D eigenvalue weighted by molar-refractivity contribution is -0.384. The van der Waals surface area contributed by atoms with Crippen LogP contribution in [0, 0.1) is 24.0 Å². The summed E-state index contributed by atoms with van der Waals surface area (Å²) in [5.41, 5.74) is 4.39. The molecule has 25 heavy (non-hydrogen) atoms. The predicted molar refractivity (Wildman–Crippen MR) is 98.2 cm³/mol. The van der Waals surface area contributed by atoms with Crippen LogP contribution in [0.1, 0.15) is 16.7 Å². The number of anilines is 1. The van der Waals surface area contributed by atoms with Crippen molar-refractivity contribution >= 4 is 11.4 Å². The minimum atomic E-state index is -0.377. The van der Waals surface area contributed by atoms with Gasteiger partial charge in [-0.05, 0) is 43.2 Å². The van der Waals surface area contributed by atoms with E-state index >= 15 is 0 Å². The Labute approximate surface area is 147 Å². The summed E-state index contributed by atoms with van der Waals surface area (Å²) in [5, 5.41) is 20.9. The Balaban J connectivity index is 1.60. The van der Waals surface area contributed by atoms with Crippen molar-refractivity contribution in [3.05, 3.63) is 63.2 Å². The first-order valence-corrected chi connectivity index (χ1v) is 8.45. The van der Waals surface area contributed by atoms with Gasteiger partial charge in [0.2, 0.25) is 0 Å². The fourth-order valence-corrected chi connectivity index (χ4v) is 3.18. The number of piperazine rings is 1. The zero-order chi connectivity index (χ0) is 18.0. The lowest BCUT2D eigenvalue weighted by Crippen LogP contribution is -2.45. The van der Waals surface area contributed by atoms with Gasteiger partial charge in [-0.3, -0.25) is 15.0 Å². The van der Waals surface area contributed by atoms with E-state index in [9.17, 15) is 15.2 Å². The molecule has 0 bridgehead atoms. The van der Waals surface area contributed by atoms with Crippen LogP contribution in [-0.4, -0.2) is 41.1 Å². The van der Waals surface area contributed by atoms with Crippen LogP contribution in [0.2, 0.25) is 0 Å². The van der Waals surface area contributed by atoms with E-state index in [1.165, 1.54) is 5.56 Å². The van der Waals surface area contributed by atoms with Crippen LogP contribution in [0.5, 0.6) is 5.75 Å². The Morgan fingerprint density at radius 1 is 1.04 bits per heavy atom. The van der Waals surface area contributed by atoms with Gasteiger partial charge >= 0.3 is 0 Å². The molecule has 132 valence electrons. The minimum Gasteiger partial charge on any atom is -0.508 e. The summed E-state index contributed by atoms with van der Waals surface area (Å²) in [7, 11) is 0. The largest absolute Gasteiger partial charge is 0.508 e. The normalized spacial score (nSPS) is 15.4. The Morgan fingerprint density at radius 2 is 1.64 bits per heavy atom. The Hall–Kier alpha value is -2.60. The number of hydrogen-bond acceptors (Lipinski definition) is 5. The second-order valence-electron chi connectivity index (χ2n) is 6.60. The molecule has 1 saturated heterocycles. The predicted octanol–water partition coefficient (Wildman–Crippen LogP) is 3.24. The van der Waals surface area contributed by atoms with Gasteiger partial charge < -0.3 is 10.0 Å². The molecule has 1 heterocycles. The maximum absolute atomic E-state index is 10.7. The maximum atomic E-state index is 10.7. The highest BCUT2D eigenvalue weighted by molar-refractivity contribution is 5.51. The van der Waals surface area contributed by atoms with E-state index in [0.29, 0.717) is 5.75 Å². The Kier molecular flexibility index (Phi) is 4.90. The highest BCUT2D eigenvalue weighted by Gasteiger charge is 2.19. The molecule has 1 aliphatic heterocycles. The molecule has 0 atom stereocenters. The number of nitrogens with zero attached hydrogens (tertiary/aromatic N) is 3. The smallest absolute Gasteiger partial charge is 0.269 e. The summed E-state index contributed by atoms with van der Waals surface area (Å²) < 4.78 is 0. The zero-order valence-electron chi connectivity index (χ0n) is 14.6. The van der Waals surface area contributed by atoms with Gasteiger partial charge in [0.05, 0.1) is 4.92 Å². The van der Waals surface area contributed by atoms with Gasteiger partial charge in [-0.15, -0.1) is 0 Å². The van der Waals surface area contributed by atoms with E-state index in [2.05, 4.69) is 22.8 Å². The van der Waals surface area contributed by atoms with E-state index < -0.39 is 0 Å². The molecular formula is C19H23N3O3. The Morgan fingerprint density at radius 3 is 2.24 bits per heavy atom. The molecule has 6 heteroatoms. The molecule has 0 saturated carbocycles. The van der Waals surface area contributed by atoms with Crippen molar-refractivity contribution < 1.29 is 10.0 Å². The molecular weight excluding hydrogens is 318 g/mol. The SMILES string of the molecule is Cc1cc(O)c(CN2CCN(c3ccc([N+](=O)[O-])cc3)CC2)cc1C. The van der Waals surface area contributed by atoms with Gasteiger partial charge in [0.25, 0.3) is 5.69 Å². The van der Waals surface area contributed by atoms with Gasteiger partial charge in [0.15, 0.2) is 0 Å².